The lowest BCUT2D eigenvalue weighted by Gasteiger charge is -2.36. The van der Waals surface area contributed by atoms with E-state index in [1.54, 1.807) is 42.5 Å². The summed E-state index contributed by atoms with van der Waals surface area (Å²) in [6.45, 7) is 2.70. The summed E-state index contributed by atoms with van der Waals surface area (Å²) in [6, 6.07) is 17.0. The Balaban J connectivity index is 1.31. The first kappa shape index (κ1) is 24.0. The molecule has 182 valence electrons. The van der Waals surface area contributed by atoms with Crippen LogP contribution in [0.15, 0.2) is 66.9 Å². The molecule has 0 unspecified atom stereocenters. The van der Waals surface area contributed by atoms with Gasteiger partial charge in [0.25, 0.3) is 5.91 Å². The van der Waals surface area contributed by atoms with Crippen molar-refractivity contribution in [2.45, 2.75) is 13.1 Å². The van der Waals surface area contributed by atoms with E-state index in [4.69, 9.17) is 4.74 Å². The third kappa shape index (κ3) is 6.26. The Morgan fingerprint density at radius 1 is 0.943 bits per heavy atom. The number of carbonyl (C=O) groups is 2. The SMILES string of the molecule is COc1ccc(CNC(=O)c2cccnc2N2CCN(C(=O)NCc3cccc(F)c3)CC2)cc1. The lowest BCUT2D eigenvalue weighted by atomic mass is 10.2. The number of ether oxygens (including phenoxy) is 1. The van der Waals surface area contributed by atoms with Crippen molar-refractivity contribution < 1.29 is 18.7 Å². The Bertz CT molecular complexity index is 1160. The minimum atomic E-state index is -0.329. The van der Waals surface area contributed by atoms with Crippen LogP contribution in [0, 0.1) is 5.82 Å². The van der Waals surface area contributed by atoms with E-state index in [1.807, 2.05) is 29.2 Å². The first-order valence-electron chi connectivity index (χ1n) is 11.4. The fraction of sp³-hybridized carbons (Fsp3) is 0.269. The highest BCUT2D eigenvalue weighted by Crippen LogP contribution is 2.20. The summed E-state index contributed by atoms with van der Waals surface area (Å²) in [6.07, 6.45) is 1.66. The molecule has 9 heteroatoms. The molecule has 2 aromatic carbocycles. The maximum atomic E-state index is 13.3. The van der Waals surface area contributed by atoms with Crippen LogP contribution >= 0.6 is 0 Å². The van der Waals surface area contributed by atoms with Crippen molar-refractivity contribution in [1.82, 2.24) is 20.5 Å². The zero-order valence-corrected chi connectivity index (χ0v) is 19.5. The molecule has 0 radical (unpaired) electrons. The van der Waals surface area contributed by atoms with Crippen molar-refractivity contribution in [3.63, 3.8) is 0 Å². The Kier molecular flexibility index (Phi) is 7.77. The number of methoxy groups -OCH3 is 1. The van der Waals surface area contributed by atoms with E-state index >= 15 is 0 Å². The minimum Gasteiger partial charge on any atom is -0.497 e. The highest BCUT2D eigenvalue weighted by atomic mass is 19.1. The number of amides is 3. The maximum absolute atomic E-state index is 13.3. The Labute approximate surface area is 203 Å². The fourth-order valence-corrected chi connectivity index (χ4v) is 3.90. The van der Waals surface area contributed by atoms with E-state index in [2.05, 4.69) is 15.6 Å². The summed E-state index contributed by atoms with van der Waals surface area (Å²) in [5, 5.41) is 5.78. The van der Waals surface area contributed by atoms with Crippen LogP contribution in [0.2, 0.25) is 0 Å². The lowest BCUT2D eigenvalue weighted by Crippen LogP contribution is -2.52. The highest BCUT2D eigenvalue weighted by Gasteiger charge is 2.25. The molecular weight excluding hydrogens is 449 g/mol. The first-order chi connectivity index (χ1) is 17.0. The molecule has 0 saturated carbocycles. The number of nitrogens with zero attached hydrogens (tertiary/aromatic N) is 3. The molecule has 3 aromatic rings. The Hall–Kier alpha value is -4.14. The molecule has 4 rings (SSSR count). The number of hydrogen-bond donors (Lipinski definition) is 2. The number of urea groups is 1. The van der Waals surface area contributed by atoms with Crippen LogP contribution in [0.5, 0.6) is 5.75 Å². The van der Waals surface area contributed by atoms with Gasteiger partial charge in [0.2, 0.25) is 0 Å². The van der Waals surface area contributed by atoms with Crippen molar-refractivity contribution in [3.05, 3.63) is 89.4 Å². The molecule has 1 aromatic heterocycles. The number of halogens is 1. The van der Waals surface area contributed by atoms with Crippen LogP contribution in [0.25, 0.3) is 0 Å². The zero-order chi connectivity index (χ0) is 24.6. The summed E-state index contributed by atoms with van der Waals surface area (Å²) in [5.74, 6) is 0.819. The molecule has 2 heterocycles. The third-order valence-corrected chi connectivity index (χ3v) is 5.84. The van der Waals surface area contributed by atoms with Crippen molar-refractivity contribution in [2.24, 2.45) is 0 Å². The molecule has 1 aliphatic heterocycles. The predicted molar refractivity (Wildman–Crippen MR) is 131 cm³/mol. The van der Waals surface area contributed by atoms with Gasteiger partial charge in [0, 0.05) is 45.5 Å². The number of hydrogen-bond acceptors (Lipinski definition) is 5. The van der Waals surface area contributed by atoms with Crippen molar-refractivity contribution in [1.29, 1.82) is 0 Å². The van der Waals surface area contributed by atoms with Crippen LogP contribution in [-0.4, -0.2) is 55.1 Å². The molecular formula is C26H28FN5O3. The number of carbonyl (C=O) groups excluding carboxylic acids is 2. The van der Waals surface area contributed by atoms with Gasteiger partial charge in [-0.3, -0.25) is 4.79 Å². The molecule has 0 atom stereocenters. The number of rotatable bonds is 7. The molecule has 3 amide bonds. The van der Waals surface area contributed by atoms with Gasteiger partial charge in [-0.1, -0.05) is 24.3 Å². The average Bonchev–Trinajstić information content (AvgIpc) is 2.91. The molecule has 2 N–H and O–H groups in total. The predicted octanol–water partition coefficient (Wildman–Crippen LogP) is 3.19. The van der Waals surface area contributed by atoms with Crippen molar-refractivity contribution >= 4 is 17.8 Å². The van der Waals surface area contributed by atoms with Crippen molar-refractivity contribution in [2.75, 3.05) is 38.2 Å². The van der Waals surface area contributed by atoms with E-state index in [9.17, 15) is 14.0 Å². The van der Waals surface area contributed by atoms with E-state index in [0.29, 0.717) is 49.7 Å². The number of piperazine rings is 1. The van der Waals surface area contributed by atoms with Gasteiger partial charge < -0.3 is 25.2 Å². The minimum absolute atomic E-state index is 0.201. The fourth-order valence-electron chi connectivity index (χ4n) is 3.90. The smallest absolute Gasteiger partial charge is 0.317 e. The van der Waals surface area contributed by atoms with E-state index in [-0.39, 0.29) is 24.3 Å². The number of pyridine rings is 1. The van der Waals surface area contributed by atoms with E-state index < -0.39 is 0 Å². The molecule has 0 bridgehead atoms. The normalized spacial score (nSPS) is 13.3. The van der Waals surface area contributed by atoms with Gasteiger partial charge in [0.05, 0.1) is 12.7 Å². The largest absolute Gasteiger partial charge is 0.497 e. The number of nitrogens with one attached hydrogen (secondary N) is 2. The van der Waals surface area contributed by atoms with Gasteiger partial charge in [-0.05, 0) is 47.5 Å². The maximum Gasteiger partial charge on any atom is 0.317 e. The molecule has 1 fully saturated rings. The molecule has 0 aliphatic carbocycles. The summed E-state index contributed by atoms with van der Waals surface area (Å²) < 4.78 is 18.5. The van der Waals surface area contributed by atoms with Gasteiger partial charge in [0.15, 0.2) is 0 Å². The summed E-state index contributed by atoms with van der Waals surface area (Å²) in [7, 11) is 1.61. The first-order valence-corrected chi connectivity index (χ1v) is 11.4. The third-order valence-electron chi connectivity index (χ3n) is 5.84. The van der Waals surface area contributed by atoms with Gasteiger partial charge in [-0.25, -0.2) is 14.2 Å². The number of aromatic nitrogens is 1. The molecule has 35 heavy (non-hydrogen) atoms. The standard InChI is InChI=1S/C26H28FN5O3/c1-35-22-9-7-19(8-10-22)17-29-25(33)23-6-3-11-28-24(23)31-12-14-32(15-13-31)26(34)30-18-20-4-2-5-21(27)16-20/h2-11,16H,12-15,17-18H2,1H3,(H,29,33)(H,30,34). The number of benzene rings is 2. The van der Waals surface area contributed by atoms with Gasteiger partial charge in [-0.2, -0.15) is 0 Å². The topological polar surface area (TPSA) is 86.8 Å². The Morgan fingerprint density at radius 2 is 1.69 bits per heavy atom. The molecule has 1 aliphatic rings. The second-order valence-corrected chi connectivity index (χ2v) is 8.17. The lowest BCUT2D eigenvalue weighted by molar-refractivity contribution is 0.0950. The summed E-state index contributed by atoms with van der Waals surface area (Å²) in [4.78, 5) is 33.6. The quantitative estimate of drug-likeness (QED) is 0.546. The second kappa shape index (κ2) is 11.3. The van der Waals surface area contributed by atoms with Crippen LogP contribution < -0.4 is 20.3 Å². The highest BCUT2D eigenvalue weighted by molar-refractivity contribution is 5.98. The van der Waals surface area contributed by atoms with Gasteiger partial charge in [-0.15, -0.1) is 0 Å². The number of anilines is 1. The summed E-state index contributed by atoms with van der Waals surface area (Å²) >= 11 is 0. The Morgan fingerprint density at radius 3 is 2.40 bits per heavy atom. The van der Waals surface area contributed by atoms with Gasteiger partial charge in [0.1, 0.15) is 17.4 Å². The van der Waals surface area contributed by atoms with Crippen LogP contribution in [0.3, 0.4) is 0 Å². The van der Waals surface area contributed by atoms with Crippen LogP contribution in [-0.2, 0) is 13.1 Å². The molecule has 8 nitrogen and oxygen atoms in total. The van der Waals surface area contributed by atoms with Crippen molar-refractivity contribution in [3.8, 4) is 5.75 Å². The zero-order valence-electron chi connectivity index (χ0n) is 19.5. The van der Waals surface area contributed by atoms with E-state index in [0.717, 1.165) is 11.3 Å². The summed E-state index contributed by atoms with van der Waals surface area (Å²) in [5.41, 5.74) is 2.16. The monoisotopic (exact) mass is 477 g/mol. The molecule has 0 spiro atoms. The van der Waals surface area contributed by atoms with Crippen LogP contribution in [0.4, 0.5) is 15.0 Å². The average molecular weight is 478 g/mol. The van der Waals surface area contributed by atoms with Gasteiger partial charge >= 0.3 is 6.03 Å². The second-order valence-electron chi connectivity index (χ2n) is 8.17. The van der Waals surface area contributed by atoms with E-state index in [1.165, 1.54) is 12.1 Å². The molecule has 1 saturated heterocycles. The van der Waals surface area contributed by atoms with Crippen LogP contribution in [0.1, 0.15) is 21.5 Å².